The fourth-order valence-electron chi connectivity index (χ4n) is 4.55. The van der Waals surface area contributed by atoms with Gasteiger partial charge in [0.2, 0.25) is 0 Å². The minimum absolute atomic E-state index is 0.0815. The van der Waals surface area contributed by atoms with Gasteiger partial charge >= 0.3 is 5.97 Å². The molecular weight excluding hydrogens is 494 g/mol. The average molecular weight is 524 g/mol. The van der Waals surface area contributed by atoms with E-state index in [4.69, 9.17) is 9.47 Å². The van der Waals surface area contributed by atoms with Gasteiger partial charge in [-0.25, -0.2) is 0 Å². The van der Waals surface area contributed by atoms with Crippen molar-refractivity contribution in [2.45, 2.75) is 32.4 Å². The summed E-state index contributed by atoms with van der Waals surface area (Å²) in [5.41, 5.74) is 3.26. The highest BCUT2D eigenvalue weighted by Crippen LogP contribution is 2.38. The number of likely N-dealkylation sites (tertiary alicyclic amines) is 1. The van der Waals surface area contributed by atoms with Crippen LogP contribution < -0.4 is 9.47 Å². The second-order valence-electron chi connectivity index (χ2n) is 8.54. The summed E-state index contributed by atoms with van der Waals surface area (Å²) in [6, 6.07) is 24.3. The number of rotatable bonds is 9. The summed E-state index contributed by atoms with van der Waals surface area (Å²) in [5.74, 6) is 0.313. The Bertz CT molecular complexity index is 1100. The van der Waals surface area contributed by atoms with Gasteiger partial charge in [-0.3, -0.25) is 9.69 Å². The summed E-state index contributed by atoms with van der Waals surface area (Å²) in [6.07, 6.45) is 1.57. The third-order valence-corrected chi connectivity index (χ3v) is 6.65. The highest BCUT2D eigenvalue weighted by atomic mass is 79.9. The lowest BCUT2D eigenvalue weighted by atomic mass is 9.91. The Morgan fingerprint density at radius 1 is 1.03 bits per heavy atom. The van der Waals surface area contributed by atoms with E-state index in [9.17, 15) is 9.90 Å². The average Bonchev–Trinajstić information content (AvgIpc) is 2.85. The molecule has 5 nitrogen and oxygen atoms in total. The highest BCUT2D eigenvalue weighted by Gasteiger charge is 2.32. The molecule has 3 aromatic carbocycles. The van der Waals surface area contributed by atoms with Gasteiger partial charge in [0.25, 0.3) is 0 Å². The lowest BCUT2D eigenvalue weighted by molar-refractivity contribution is -0.143. The van der Waals surface area contributed by atoms with Crippen molar-refractivity contribution in [2.75, 3.05) is 19.7 Å². The largest absolute Gasteiger partial charge is 0.490 e. The molecule has 4 rings (SSSR count). The molecule has 1 aliphatic heterocycles. The Morgan fingerprint density at radius 2 is 1.82 bits per heavy atom. The van der Waals surface area contributed by atoms with Gasteiger partial charge in [0.1, 0.15) is 6.61 Å². The third-order valence-electron chi connectivity index (χ3n) is 6.15. The molecule has 0 aromatic heterocycles. The molecule has 34 heavy (non-hydrogen) atoms. The van der Waals surface area contributed by atoms with Gasteiger partial charge in [-0.2, -0.15) is 0 Å². The molecule has 1 N–H and O–H groups in total. The predicted molar refractivity (Wildman–Crippen MR) is 136 cm³/mol. The van der Waals surface area contributed by atoms with E-state index in [1.54, 1.807) is 0 Å². The molecule has 0 bridgehead atoms. The first-order valence-electron chi connectivity index (χ1n) is 11.7. The van der Waals surface area contributed by atoms with E-state index in [2.05, 4.69) is 39.0 Å². The summed E-state index contributed by atoms with van der Waals surface area (Å²) >= 11 is 3.60. The zero-order valence-corrected chi connectivity index (χ0v) is 20.9. The zero-order valence-electron chi connectivity index (χ0n) is 19.3. The minimum Gasteiger partial charge on any atom is -0.490 e. The quantitative estimate of drug-likeness (QED) is 0.356. The summed E-state index contributed by atoms with van der Waals surface area (Å²) in [7, 11) is 0. The van der Waals surface area contributed by atoms with Crippen LogP contribution in [0.4, 0.5) is 0 Å². The maximum absolute atomic E-state index is 11.8. The van der Waals surface area contributed by atoms with Crippen LogP contribution in [-0.4, -0.2) is 35.7 Å². The van der Waals surface area contributed by atoms with Gasteiger partial charge < -0.3 is 14.6 Å². The Kier molecular flexibility index (Phi) is 8.25. The van der Waals surface area contributed by atoms with Crippen LogP contribution in [0.15, 0.2) is 77.3 Å². The molecular formula is C28H30BrNO4. The molecule has 0 spiro atoms. The smallest absolute Gasteiger partial charge is 0.307 e. The van der Waals surface area contributed by atoms with E-state index < -0.39 is 5.97 Å². The van der Waals surface area contributed by atoms with Crippen molar-refractivity contribution in [3.8, 4) is 11.5 Å². The standard InChI is InChI=1S/C28H30BrNO4/c1-2-33-26-17-22(13-14-25(26)34-19-20-8-4-3-5-9-20)27(21-10-6-12-24(29)16-21)30-15-7-11-23(18-30)28(31)32/h3-6,8-10,12-14,16-17,23,27H,2,7,11,15,18-19H2,1H3,(H,31,32). The van der Waals surface area contributed by atoms with Gasteiger partial charge in [-0.05, 0) is 67.3 Å². The Morgan fingerprint density at radius 3 is 2.56 bits per heavy atom. The number of carbonyl (C=O) groups is 1. The van der Waals surface area contributed by atoms with Crippen LogP contribution in [0.2, 0.25) is 0 Å². The summed E-state index contributed by atoms with van der Waals surface area (Å²) in [6.45, 7) is 4.31. The number of nitrogens with zero attached hydrogens (tertiary/aromatic N) is 1. The van der Waals surface area contributed by atoms with E-state index in [0.29, 0.717) is 37.7 Å². The Labute approximate surface area is 209 Å². The van der Waals surface area contributed by atoms with Crippen LogP contribution in [0.25, 0.3) is 0 Å². The van der Waals surface area contributed by atoms with E-state index >= 15 is 0 Å². The van der Waals surface area contributed by atoms with Gasteiger partial charge in [-0.15, -0.1) is 0 Å². The van der Waals surface area contributed by atoms with Crippen LogP contribution in [0.5, 0.6) is 11.5 Å². The third kappa shape index (κ3) is 5.99. The Hall–Kier alpha value is -2.83. The molecule has 3 aromatic rings. The Balaban J connectivity index is 1.67. The SMILES string of the molecule is CCOc1cc(C(c2cccc(Br)c2)N2CCCC(C(=O)O)C2)ccc1OCc1ccccc1. The monoisotopic (exact) mass is 523 g/mol. The lowest BCUT2D eigenvalue weighted by Crippen LogP contribution is -2.41. The molecule has 1 saturated heterocycles. The molecule has 2 unspecified atom stereocenters. The molecule has 0 amide bonds. The van der Waals surface area contributed by atoms with E-state index in [0.717, 1.165) is 34.1 Å². The van der Waals surface area contributed by atoms with Gasteiger partial charge in [0.15, 0.2) is 11.5 Å². The summed E-state index contributed by atoms with van der Waals surface area (Å²) in [4.78, 5) is 14.0. The van der Waals surface area contributed by atoms with Gasteiger partial charge in [0, 0.05) is 11.0 Å². The molecule has 1 fully saturated rings. The number of benzene rings is 3. The molecule has 0 aliphatic carbocycles. The molecule has 2 atom stereocenters. The number of carboxylic acids is 1. The fourth-order valence-corrected chi connectivity index (χ4v) is 4.97. The number of halogens is 1. The van der Waals surface area contributed by atoms with Gasteiger partial charge in [0.05, 0.1) is 18.6 Å². The fraction of sp³-hybridized carbons (Fsp3) is 0.321. The maximum atomic E-state index is 11.8. The number of ether oxygens (including phenoxy) is 2. The van der Waals surface area contributed by atoms with E-state index in [-0.39, 0.29) is 12.0 Å². The van der Waals surface area contributed by atoms with E-state index in [1.807, 2.05) is 61.5 Å². The second kappa shape index (κ2) is 11.5. The first kappa shape index (κ1) is 24.3. The number of hydrogen-bond acceptors (Lipinski definition) is 4. The van der Waals surface area contributed by atoms with Crippen LogP contribution >= 0.6 is 15.9 Å². The van der Waals surface area contributed by atoms with Crippen molar-refractivity contribution in [1.82, 2.24) is 4.90 Å². The molecule has 1 heterocycles. The number of hydrogen-bond donors (Lipinski definition) is 1. The summed E-state index contributed by atoms with van der Waals surface area (Å²) < 4.78 is 13.1. The van der Waals surface area contributed by atoms with Crippen molar-refractivity contribution in [3.63, 3.8) is 0 Å². The topological polar surface area (TPSA) is 59.0 Å². The van der Waals surface area contributed by atoms with Gasteiger partial charge in [-0.1, -0.05) is 64.5 Å². The second-order valence-corrected chi connectivity index (χ2v) is 9.46. The predicted octanol–water partition coefficient (Wildman–Crippen LogP) is 6.31. The minimum atomic E-state index is -0.725. The van der Waals surface area contributed by atoms with Crippen molar-refractivity contribution < 1.29 is 19.4 Å². The molecule has 6 heteroatoms. The summed E-state index contributed by atoms with van der Waals surface area (Å²) in [5, 5.41) is 9.66. The first-order valence-corrected chi connectivity index (χ1v) is 12.5. The van der Waals surface area contributed by atoms with E-state index in [1.165, 1.54) is 0 Å². The molecule has 178 valence electrons. The number of carboxylic acid groups (broad SMARTS) is 1. The maximum Gasteiger partial charge on any atom is 0.307 e. The highest BCUT2D eigenvalue weighted by molar-refractivity contribution is 9.10. The zero-order chi connectivity index (χ0) is 23.9. The normalized spacial score (nSPS) is 17.2. The van der Waals surface area contributed by atoms with Crippen LogP contribution in [-0.2, 0) is 11.4 Å². The van der Waals surface area contributed by atoms with Crippen molar-refractivity contribution in [2.24, 2.45) is 5.92 Å². The van der Waals surface area contributed by atoms with Crippen LogP contribution in [0.1, 0.15) is 42.5 Å². The van der Waals surface area contributed by atoms with Crippen molar-refractivity contribution in [3.05, 3.63) is 94.0 Å². The number of piperidine rings is 1. The van der Waals surface area contributed by atoms with Crippen LogP contribution in [0, 0.1) is 5.92 Å². The lowest BCUT2D eigenvalue weighted by Gasteiger charge is -2.38. The van der Waals surface area contributed by atoms with Crippen molar-refractivity contribution in [1.29, 1.82) is 0 Å². The molecule has 1 aliphatic rings. The first-order chi connectivity index (χ1) is 16.5. The molecule has 0 saturated carbocycles. The van der Waals surface area contributed by atoms with Crippen LogP contribution in [0.3, 0.4) is 0 Å². The van der Waals surface area contributed by atoms with Crippen molar-refractivity contribution >= 4 is 21.9 Å². The number of aliphatic carboxylic acids is 1. The molecule has 0 radical (unpaired) electrons.